The zero-order valence-corrected chi connectivity index (χ0v) is 10.4. The highest BCUT2D eigenvalue weighted by Crippen LogP contribution is 2.23. The molecule has 0 aliphatic heterocycles. The Labute approximate surface area is 103 Å². The van der Waals surface area contributed by atoms with E-state index in [0.717, 1.165) is 11.5 Å². The molecule has 0 fully saturated rings. The monoisotopic (exact) mass is 248 g/mol. The van der Waals surface area contributed by atoms with Gasteiger partial charge in [-0.05, 0) is 37.5 Å². The van der Waals surface area contributed by atoms with E-state index in [9.17, 15) is 4.79 Å². The molecule has 0 bridgehead atoms. The van der Waals surface area contributed by atoms with Gasteiger partial charge < -0.3 is 4.74 Å². The highest BCUT2D eigenvalue weighted by atomic mass is 32.1. The van der Waals surface area contributed by atoms with E-state index in [4.69, 9.17) is 4.74 Å². The topological polar surface area (TPSA) is 52.1 Å². The van der Waals surface area contributed by atoms with Crippen molar-refractivity contribution in [1.82, 2.24) is 9.59 Å². The number of carbonyl (C=O) groups is 1. The fraction of sp³-hybridized carbons (Fsp3) is 0.250. The second-order valence-corrected chi connectivity index (χ2v) is 4.56. The van der Waals surface area contributed by atoms with Gasteiger partial charge in [0.15, 0.2) is 0 Å². The summed E-state index contributed by atoms with van der Waals surface area (Å²) >= 11 is 1.09. The zero-order valence-electron chi connectivity index (χ0n) is 9.58. The number of rotatable bonds is 4. The third kappa shape index (κ3) is 2.68. The predicted molar refractivity (Wildman–Crippen MR) is 65.5 cm³/mol. The fourth-order valence-electron chi connectivity index (χ4n) is 1.41. The van der Waals surface area contributed by atoms with Crippen molar-refractivity contribution in [2.75, 3.05) is 0 Å². The van der Waals surface area contributed by atoms with Gasteiger partial charge in [0.05, 0.1) is 17.9 Å². The van der Waals surface area contributed by atoms with Crippen LogP contribution in [0, 0.1) is 0 Å². The van der Waals surface area contributed by atoms with E-state index in [0.29, 0.717) is 16.2 Å². The van der Waals surface area contributed by atoms with Crippen molar-refractivity contribution >= 4 is 17.3 Å². The molecule has 1 aromatic carbocycles. The largest absolute Gasteiger partial charge is 0.490 e. The number of hydrogen-bond donors (Lipinski definition) is 0. The van der Waals surface area contributed by atoms with Gasteiger partial charge in [0.2, 0.25) is 5.78 Å². The van der Waals surface area contributed by atoms with Crippen LogP contribution in [-0.4, -0.2) is 21.5 Å². The van der Waals surface area contributed by atoms with Crippen LogP contribution in [0.1, 0.15) is 29.1 Å². The van der Waals surface area contributed by atoms with E-state index in [1.165, 1.54) is 6.20 Å². The molecule has 1 aromatic heterocycles. The van der Waals surface area contributed by atoms with Crippen LogP contribution in [0.2, 0.25) is 0 Å². The third-order valence-corrected chi connectivity index (χ3v) is 2.74. The van der Waals surface area contributed by atoms with Crippen LogP contribution >= 0.6 is 11.5 Å². The van der Waals surface area contributed by atoms with Crippen molar-refractivity contribution in [3.05, 3.63) is 40.9 Å². The minimum atomic E-state index is -0.101. The number of benzene rings is 1. The van der Waals surface area contributed by atoms with Crippen LogP contribution in [0.3, 0.4) is 0 Å². The average molecular weight is 248 g/mol. The molecule has 0 atom stereocenters. The second kappa shape index (κ2) is 5.05. The Balaban J connectivity index is 2.35. The molecule has 0 unspecified atom stereocenters. The quantitative estimate of drug-likeness (QED) is 0.780. The first-order chi connectivity index (χ1) is 8.18. The summed E-state index contributed by atoms with van der Waals surface area (Å²) in [5.41, 5.74) is 0.548. The second-order valence-electron chi connectivity index (χ2n) is 3.77. The van der Waals surface area contributed by atoms with E-state index >= 15 is 0 Å². The molecule has 0 aliphatic carbocycles. The lowest BCUT2D eigenvalue weighted by Crippen LogP contribution is -2.10. The Morgan fingerprint density at radius 3 is 2.76 bits per heavy atom. The van der Waals surface area contributed by atoms with Crippen molar-refractivity contribution in [3.8, 4) is 5.75 Å². The van der Waals surface area contributed by atoms with Crippen molar-refractivity contribution in [2.24, 2.45) is 0 Å². The number of aromatic nitrogens is 2. The van der Waals surface area contributed by atoms with Crippen LogP contribution in [0.5, 0.6) is 5.75 Å². The van der Waals surface area contributed by atoms with Crippen LogP contribution in [0.25, 0.3) is 0 Å². The minimum absolute atomic E-state index is 0.0311. The number of carbonyl (C=O) groups excluding carboxylic acids is 1. The Morgan fingerprint density at radius 1 is 1.35 bits per heavy atom. The third-order valence-electron chi connectivity index (χ3n) is 2.08. The van der Waals surface area contributed by atoms with E-state index < -0.39 is 0 Å². The summed E-state index contributed by atoms with van der Waals surface area (Å²) in [7, 11) is 0. The van der Waals surface area contributed by atoms with Gasteiger partial charge in [-0.25, -0.2) is 0 Å². The Kier molecular flexibility index (Phi) is 3.49. The molecule has 2 rings (SSSR count). The molecule has 0 radical (unpaired) electrons. The van der Waals surface area contributed by atoms with Gasteiger partial charge in [-0.15, -0.1) is 5.10 Å². The molecule has 0 spiro atoms. The lowest BCUT2D eigenvalue weighted by atomic mass is 10.1. The van der Waals surface area contributed by atoms with Crippen molar-refractivity contribution in [3.63, 3.8) is 0 Å². The number of ether oxygens (including phenoxy) is 1. The molecular formula is C12H12N2O2S. The lowest BCUT2D eigenvalue weighted by molar-refractivity contribution is 0.103. The van der Waals surface area contributed by atoms with Gasteiger partial charge >= 0.3 is 0 Å². The maximum atomic E-state index is 12.2. The molecule has 17 heavy (non-hydrogen) atoms. The van der Waals surface area contributed by atoms with E-state index in [2.05, 4.69) is 9.59 Å². The van der Waals surface area contributed by atoms with Gasteiger partial charge in [-0.1, -0.05) is 16.6 Å². The Bertz CT molecular complexity index is 509. The summed E-state index contributed by atoms with van der Waals surface area (Å²) in [6.45, 7) is 3.85. The zero-order chi connectivity index (χ0) is 12.3. The molecule has 0 N–H and O–H groups in total. The van der Waals surface area contributed by atoms with Gasteiger partial charge in [-0.2, -0.15) is 0 Å². The SMILES string of the molecule is CC(C)Oc1ccccc1C(=O)c1cnns1. The highest BCUT2D eigenvalue weighted by molar-refractivity contribution is 7.08. The molecule has 0 aliphatic rings. The number of ketones is 1. The fourth-order valence-corrected chi connectivity index (χ4v) is 1.88. The summed E-state index contributed by atoms with van der Waals surface area (Å²) < 4.78 is 9.30. The van der Waals surface area contributed by atoms with E-state index in [1.54, 1.807) is 12.1 Å². The Hall–Kier alpha value is -1.75. The average Bonchev–Trinajstić information content (AvgIpc) is 2.81. The summed E-state index contributed by atoms with van der Waals surface area (Å²) in [4.78, 5) is 12.7. The minimum Gasteiger partial charge on any atom is -0.490 e. The smallest absolute Gasteiger partial charge is 0.209 e. The van der Waals surface area contributed by atoms with Crippen molar-refractivity contribution in [1.29, 1.82) is 0 Å². The first-order valence-electron chi connectivity index (χ1n) is 5.26. The molecule has 88 valence electrons. The molecule has 1 heterocycles. The van der Waals surface area contributed by atoms with Crippen LogP contribution in [0.4, 0.5) is 0 Å². The van der Waals surface area contributed by atoms with Crippen LogP contribution in [-0.2, 0) is 0 Å². The first-order valence-corrected chi connectivity index (χ1v) is 6.03. The molecular weight excluding hydrogens is 236 g/mol. The maximum absolute atomic E-state index is 12.2. The molecule has 5 heteroatoms. The molecule has 4 nitrogen and oxygen atoms in total. The maximum Gasteiger partial charge on any atom is 0.209 e. The molecule has 2 aromatic rings. The summed E-state index contributed by atoms with van der Waals surface area (Å²) in [5.74, 6) is 0.497. The Morgan fingerprint density at radius 2 is 2.12 bits per heavy atom. The van der Waals surface area contributed by atoms with Crippen LogP contribution < -0.4 is 4.74 Å². The summed E-state index contributed by atoms with van der Waals surface area (Å²) in [6.07, 6.45) is 1.50. The predicted octanol–water partition coefficient (Wildman–Crippen LogP) is 2.56. The van der Waals surface area contributed by atoms with Gasteiger partial charge in [0.25, 0.3) is 0 Å². The van der Waals surface area contributed by atoms with Gasteiger partial charge in [0.1, 0.15) is 10.6 Å². The highest BCUT2D eigenvalue weighted by Gasteiger charge is 2.16. The summed E-state index contributed by atoms with van der Waals surface area (Å²) in [6, 6.07) is 7.20. The van der Waals surface area contributed by atoms with Crippen molar-refractivity contribution < 1.29 is 9.53 Å². The molecule has 0 amide bonds. The van der Waals surface area contributed by atoms with Crippen LogP contribution in [0.15, 0.2) is 30.5 Å². The van der Waals surface area contributed by atoms with E-state index in [-0.39, 0.29) is 11.9 Å². The molecule has 0 saturated carbocycles. The summed E-state index contributed by atoms with van der Waals surface area (Å²) in [5, 5.41) is 3.67. The number of para-hydroxylation sites is 1. The van der Waals surface area contributed by atoms with Crippen molar-refractivity contribution in [2.45, 2.75) is 20.0 Å². The molecule has 0 saturated heterocycles. The van der Waals surface area contributed by atoms with E-state index in [1.807, 2.05) is 26.0 Å². The number of nitrogens with zero attached hydrogens (tertiary/aromatic N) is 2. The number of hydrogen-bond acceptors (Lipinski definition) is 5. The lowest BCUT2D eigenvalue weighted by Gasteiger charge is -2.12. The van der Waals surface area contributed by atoms with Gasteiger partial charge in [0, 0.05) is 0 Å². The first kappa shape index (κ1) is 11.7. The standard InChI is InChI=1S/C12H12N2O2S/c1-8(2)16-10-6-4-3-5-9(10)12(15)11-7-13-14-17-11/h3-8H,1-2H3. The normalized spacial score (nSPS) is 10.5. The van der Waals surface area contributed by atoms with Gasteiger partial charge in [-0.3, -0.25) is 4.79 Å².